The molecule has 3 N–H and O–H groups in total. The molecule has 7 heteroatoms. The topological polar surface area (TPSA) is 77.1 Å². The van der Waals surface area contributed by atoms with Crippen molar-refractivity contribution in [3.05, 3.63) is 44.8 Å². The number of anilines is 2. The van der Waals surface area contributed by atoms with Crippen LogP contribution in [0.3, 0.4) is 0 Å². The summed E-state index contributed by atoms with van der Waals surface area (Å²) < 4.78 is 14.6. The van der Waals surface area contributed by atoms with Crippen LogP contribution >= 0.6 is 11.3 Å². The van der Waals surface area contributed by atoms with E-state index < -0.39 is 5.82 Å². The van der Waals surface area contributed by atoms with Crippen molar-refractivity contribution in [1.29, 1.82) is 0 Å². The molecule has 0 fully saturated rings. The van der Waals surface area contributed by atoms with Crippen LogP contribution in [0.1, 0.15) is 18.5 Å². The van der Waals surface area contributed by atoms with Gasteiger partial charge in [-0.2, -0.15) is 0 Å². The third-order valence-corrected chi connectivity index (χ3v) is 3.92. The number of nitrogens with one attached hydrogen (secondary N) is 1. The smallest absolute Gasteiger partial charge is 0.307 e. The average molecular weight is 309 g/mol. The van der Waals surface area contributed by atoms with Crippen molar-refractivity contribution in [2.24, 2.45) is 0 Å². The molecule has 0 aliphatic heterocycles. The summed E-state index contributed by atoms with van der Waals surface area (Å²) in [6.07, 6.45) is 0.832. The lowest BCUT2D eigenvalue weighted by Gasteiger charge is -2.07. The number of hydrogen-bond acceptors (Lipinski definition) is 4. The van der Waals surface area contributed by atoms with E-state index in [2.05, 4.69) is 5.32 Å². The summed E-state index contributed by atoms with van der Waals surface area (Å²) >= 11 is 1.15. The van der Waals surface area contributed by atoms with E-state index in [9.17, 15) is 14.0 Å². The number of aromatic nitrogens is 1. The molecule has 0 unspecified atom stereocenters. The monoisotopic (exact) mass is 309 g/mol. The number of carbonyl (C=O) groups excluding carboxylic acids is 1. The van der Waals surface area contributed by atoms with Gasteiger partial charge in [-0.15, -0.1) is 0 Å². The van der Waals surface area contributed by atoms with Crippen LogP contribution in [0.25, 0.3) is 0 Å². The van der Waals surface area contributed by atoms with E-state index in [-0.39, 0.29) is 22.9 Å². The number of benzene rings is 1. The van der Waals surface area contributed by atoms with Crippen molar-refractivity contribution < 1.29 is 9.18 Å². The summed E-state index contributed by atoms with van der Waals surface area (Å²) in [5.41, 5.74) is 6.79. The van der Waals surface area contributed by atoms with Gasteiger partial charge in [-0.3, -0.25) is 9.59 Å². The van der Waals surface area contributed by atoms with Gasteiger partial charge < -0.3 is 15.6 Å². The molecule has 2 aromatic rings. The molecule has 0 atom stereocenters. The minimum absolute atomic E-state index is 0.00625. The van der Waals surface area contributed by atoms with Crippen molar-refractivity contribution in [2.75, 3.05) is 11.1 Å². The molecule has 1 aromatic carbocycles. The van der Waals surface area contributed by atoms with E-state index in [1.54, 1.807) is 9.95 Å². The van der Waals surface area contributed by atoms with E-state index >= 15 is 0 Å². The maximum absolute atomic E-state index is 13.0. The van der Waals surface area contributed by atoms with Gasteiger partial charge in [-0.05, 0) is 31.5 Å². The normalized spacial score (nSPS) is 10.6. The van der Waals surface area contributed by atoms with Crippen molar-refractivity contribution in [3.63, 3.8) is 0 Å². The summed E-state index contributed by atoms with van der Waals surface area (Å²) in [5.74, 6) is -0.706. The molecule has 0 radical (unpaired) electrons. The zero-order valence-electron chi connectivity index (χ0n) is 11.6. The Morgan fingerprint density at radius 1 is 1.48 bits per heavy atom. The summed E-state index contributed by atoms with van der Waals surface area (Å²) in [6, 6.07) is 4.04. The first kappa shape index (κ1) is 15.2. The highest BCUT2D eigenvalue weighted by molar-refractivity contribution is 7.07. The first-order chi connectivity index (χ1) is 9.97. The van der Waals surface area contributed by atoms with E-state index in [1.807, 2.05) is 6.92 Å². The lowest BCUT2D eigenvalue weighted by Crippen LogP contribution is -2.17. The SMILES string of the molecule is Cc1csc(=O)n1CCCC(=O)Nc1ccc(F)c(N)c1. The largest absolute Gasteiger partial charge is 0.396 e. The molecule has 0 saturated heterocycles. The first-order valence-corrected chi connectivity index (χ1v) is 7.35. The molecule has 1 heterocycles. The van der Waals surface area contributed by atoms with Crippen molar-refractivity contribution in [2.45, 2.75) is 26.3 Å². The predicted molar refractivity (Wildman–Crippen MR) is 82.0 cm³/mol. The van der Waals surface area contributed by atoms with E-state index in [0.717, 1.165) is 17.0 Å². The molecule has 0 aliphatic carbocycles. The number of halogens is 1. The van der Waals surface area contributed by atoms with Crippen LogP contribution in [0.4, 0.5) is 15.8 Å². The fourth-order valence-electron chi connectivity index (χ4n) is 1.92. The minimum Gasteiger partial charge on any atom is -0.396 e. The fourth-order valence-corrected chi connectivity index (χ4v) is 2.68. The lowest BCUT2D eigenvalue weighted by molar-refractivity contribution is -0.116. The van der Waals surface area contributed by atoms with Crippen LogP contribution < -0.4 is 15.9 Å². The van der Waals surface area contributed by atoms with Gasteiger partial charge in [0.05, 0.1) is 5.69 Å². The van der Waals surface area contributed by atoms with Crippen LogP contribution in [0, 0.1) is 12.7 Å². The Balaban J connectivity index is 1.85. The van der Waals surface area contributed by atoms with Crippen LogP contribution in [0.5, 0.6) is 0 Å². The van der Waals surface area contributed by atoms with Crippen molar-refractivity contribution in [3.8, 4) is 0 Å². The fraction of sp³-hybridized carbons (Fsp3) is 0.286. The number of nitrogen functional groups attached to an aromatic ring is 1. The van der Waals surface area contributed by atoms with E-state index in [0.29, 0.717) is 18.7 Å². The molecule has 1 amide bonds. The van der Waals surface area contributed by atoms with Gasteiger partial charge >= 0.3 is 4.87 Å². The Labute approximate surface area is 125 Å². The zero-order valence-corrected chi connectivity index (χ0v) is 12.4. The summed E-state index contributed by atoms with van der Waals surface area (Å²) in [7, 11) is 0. The summed E-state index contributed by atoms with van der Waals surface area (Å²) in [6.45, 7) is 2.37. The molecule has 1 aromatic heterocycles. The Bertz CT molecular complexity index is 708. The Morgan fingerprint density at radius 2 is 2.24 bits per heavy atom. The van der Waals surface area contributed by atoms with E-state index in [4.69, 9.17) is 5.73 Å². The van der Waals surface area contributed by atoms with Gasteiger partial charge in [0.1, 0.15) is 5.82 Å². The molecule has 2 rings (SSSR count). The van der Waals surface area contributed by atoms with Crippen LogP contribution in [-0.2, 0) is 11.3 Å². The number of aryl methyl sites for hydroxylation is 1. The van der Waals surface area contributed by atoms with Gasteiger partial charge in [0.15, 0.2) is 0 Å². The number of carbonyl (C=O) groups is 1. The molecule has 0 saturated carbocycles. The molecule has 0 bridgehead atoms. The minimum atomic E-state index is -0.514. The van der Waals surface area contributed by atoms with Crippen molar-refractivity contribution in [1.82, 2.24) is 4.57 Å². The van der Waals surface area contributed by atoms with Gasteiger partial charge in [0.25, 0.3) is 0 Å². The van der Waals surface area contributed by atoms with Crippen molar-refractivity contribution >= 4 is 28.6 Å². The highest BCUT2D eigenvalue weighted by atomic mass is 32.1. The molecule has 5 nitrogen and oxygen atoms in total. The van der Waals surface area contributed by atoms with E-state index in [1.165, 1.54) is 18.2 Å². The second kappa shape index (κ2) is 6.53. The average Bonchev–Trinajstić information content (AvgIpc) is 2.74. The number of amides is 1. The Kier molecular flexibility index (Phi) is 4.74. The van der Waals surface area contributed by atoms with Gasteiger partial charge in [-0.25, -0.2) is 4.39 Å². The second-order valence-electron chi connectivity index (χ2n) is 4.68. The summed E-state index contributed by atoms with van der Waals surface area (Å²) in [5, 5.41) is 4.44. The van der Waals surface area contributed by atoms with Gasteiger partial charge in [0.2, 0.25) is 5.91 Å². The van der Waals surface area contributed by atoms with Crippen LogP contribution in [0.15, 0.2) is 28.4 Å². The number of rotatable bonds is 5. The zero-order chi connectivity index (χ0) is 15.4. The van der Waals surface area contributed by atoms with Gasteiger partial charge in [-0.1, -0.05) is 11.3 Å². The quantitative estimate of drug-likeness (QED) is 0.832. The van der Waals surface area contributed by atoms with Crippen LogP contribution in [0.2, 0.25) is 0 Å². The lowest BCUT2D eigenvalue weighted by atomic mass is 10.2. The summed E-state index contributed by atoms with van der Waals surface area (Å²) in [4.78, 5) is 23.3. The molecule has 112 valence electrons. The molecular weight excluding hydrogens is 293 g/mol. The maximum Gasteiger partial charge on any atom is 0.307 e. The highest BCUT2D eigenvalue weighted by Gasteiger charge is 2.07. The Hall–Kier alpha value is -2.15. The second-order valence-corrected chi connectivity index (χ2v) is 5.50. The predicted octanol–water partition coefficient (Wildman–Crippen LogP) is 2.36. The standard InChI is InChI=1S/C14H16FN3O2S/c1-9-8-21-14(20)18(9)6-2-3-13(19)17-10-4-5-11(15)12(16)7-10/h4-5,7-8H,2-3,6,16H2,1H3,(H,17,19). The third-order valence-electron chi connectivity index (χ3n) is 3.04. The molecule has 0 aliphatic rings. The number of thiazole rings is 1. The molecule has 21 heavy (non-hydrogen) atoms. The molecular formula is C14H16FN3O2S. The first-order valence-electron chi connectivity index (χ1n) is 6.47. The number of nitrogens with two attached hydrogens (primary N) is 1. The third kappa shape index (κ3) is 3.91. The highest BCUT2D eigenvalue weighted by Crippen LogP contribution is 2.16. The number of hydrogen-bond donors (Lipinski definition) is 2. The maximum atomic E-state index is 13.0. The Morgan fingerprint density at radius 3 is 2.86 bits per heavy atom. The van der Waals surface area contributed by atoms with Gasteiger partial charge in [0, 0.05) is 29.7 Å². The molecule has 0 spiro atoms. The number of nitrogens with zero attached hydrogens (tertiary/aromatic N) is 1. The van der Waals surface area contributed by atoms with Crippen LogP contribution in [-0.4, -0.2) is 10.5 Å².